The zero-order valence-electron chi connectivity index (χ0n) is 17.0. The highest BCUT2D eigenvalue weighted by atomic mass is 19.1. The van der Waals surface area contributed by atoms with Gasteiger partial charge in [-0.2, -0.15) is 0 Å². The molecule has 30 heavy (non-hydrogen) atoms. The first-order valence-corrected chi connectivity index (χ1v) is 9.78. The third kappa shape index (κ3) is 3.90. The summed E-state index contributed by atoms with van der Waals surface area (Å²) in [6.45, 7) is 2.42. The van der Waals surface area contributed by atoms with Gasteiger partial charge < -0.3 is 24.6 Å². The lowest BCUT2D eigenvalue weighted by Gasteiger charge is -2.51. The van der Waals surface area contributed by atoms with Gasteiger partial charge in [-0.15, -0.1) is 0 Å². The lowest BCUT2D eigenvalue weighted by atomic mass is 9.89. The van der Waals surface area contributed by atoms with Crippen LogP contribution in [0.3, 0.4) is 0 Å². The fourth-order valence-electron chi connectivity index (χ4n) is 4.05. The number of urea groups is 1. The molecule has 2 N–H and O–H groups in total. The maximum atomic E-state index is 14.1. The van der Waals surface area contributed by atoms with Crippen molar-refractivity contribution >= 4 is 6.03 Å². The van der Waals surface area contributed by atoms with Gasteiger partial charge in [0, 0.05) is 58.6 Å². The minimum atomic E-state index is -0.748. The van der Waals surface area contributed by atoms with Crippen LogP contribution in [-0.4, -0.2) is 77.0 Å². The first kappa shape index (κ1) is 20.4. The quantitative estimate of drug-likeness (QED) is 0.722. The molecule has 3 heterocycles. The summed E-state index contributed by atoms with van der Waals surface area (Å²) in [5.74, 6) is -0.153. The van der Waals surface area contributed by atoms with Gasteiger partial charge >= 0.3 is 6.03 Å². The minimum Gasteiger partial charge on any atom is -0.491 e. The molecule has 2 fully saturated rings. The van der Waals surface area contributed by atoms with Crippen molar-refractivity contribution in [1.82, 2.24) is 19.7 Å². The van der Waals surface area contributed by atoms with Gasteiger partial charge in [0.2, 0.25) is 5.56 Å². The van der Waals surface area contributed by atoms with Crippen LogP contribution in [0.4, 0.5) is 9.18 Å². The van der Waals surface area contributed by atoms with E-state index in [0.717, 1.165) is 0 Å². The van der Waals surface area contributed by atoms with Gasteiger partial charge in [0.1, 0.15) is 24.3 Å². The molecule has 160 valence electrons. The SMILES string of the molecule is CN1C(=O)NCC12CN(CC(O)COc1cc(F)cc(-c3ccc(=O)n(C)c3)c1)C2. The number of carbonyl (C=O) groups excluding carboxylic acids is 1. The molecular formula is C21H25FN4O4. The maximum absolute atomic E-state index is 14.1. The van der Waals surface area contributed by atoms with Crippen LogP contribution in [-0.2, 0) is 7.05 Å². The number of pyridine rings is 1. The molecule has 1 unspecified atom stereocenters. The van der Waals surface area contributed by atoms with E-state index >= 15 is 0 Å². The van der Waals surface area contributed by atoms with E-state index in [2.05, 4.69) is 10.2 Å². The second-order valence-corrected chi connectivity index (χ2v) is 8.12. The molecule has 9 heteroatoms. The molecule has 0 saturated carbocycles. The Morgan fingerprint density at radius 1 is 1.20 bits per heavy atom. The number of aryl methyl sites for hydroxylation is 1. The van der Waals surface area contributed by atoms with Crippen LogP contribution < -0.4 is 15.6 Å². The van der Waals surface area contributed by atoms with Crippen LogP contribution in [0, 0.1) is 5.82 Å². The zero-order chi connectivity index (χ0) is 21.5. The van der Waals surface area contributed by atoms with Gasteiger partial charge in [0.15, 0.2) is 0 Å². The van der Waals surface area contributed by atoms with Crippen LogP contribution in [0.2, 0.25) is 0 Å². The Balaban J connectivity index is 1.34. The van der Waals surface area contributed by atoms with Gasteiger partial charge in [0.25, 0.3) is 0 Å². The Labute approximate surface area is 173 Å². The number of benzene rings is 1. The van der Waals surface area contributed by atoms with E-state index in [1.165, 1.54) is 22.8 Å². The standard InChI is InChI=1S/C21H25FN4O4/c1-24-8-14(3-4-19(24)28)15-5-16(22)7-18(6-15)30-10-17(27)9-26-12-21(13-26)11-23-20(29)25(21)2/h3-8,17,27H,9-13H2,1-2H3,(H,23,29). The van der Waals surface area contributed by atoms with Gasteiger partial charge in [-0.3, -0.25) is 9.69 Å². The predicted octanol–water partition coefficient (Wildman–Crippen LogP) is 0.641. The Morgan fingerprint density at radius 2 is 1.97 bits per heavy atom. The highest BCUT2D eigenvalue weighted by Crippen LogP contribution is 2.30. The molecule has 2 aliphatic rings. The number of hydrogen-bond acceptors (Lipinski definition) is 5. The van der Waals surface area contributed by atoms with Crippen LogP contribution in [0.1, 0.15) is 0 Å². The average molecular weight is 416 g/mol. The van der Waals surface area contributed by atoms with Gasteiger partial charge in [0.05, 0.1) is 5.54 Å². The smallest absolute Gasteiger partial charge is 0.317 e. The molecule has 2 saturated heterocycles. The van der Waals surface area contributed by atoms with E-state index < -0.39 is 11.9 Å². The van der Waals surface area contributed by atoms with E-state index in [0.29, 0.717) is 43.1 Å². The van der Waals surface area contributed by atoms with E-state index in [-0.39, 0.29) is 23.7 Å². The van der Waals surface area contributed by atoms with Crippen molar-refractivity contribution in [2.75, 3.05) is 39.8 Å². The Bertz CT molecular complexity index is 1020. The molecule has 0 bridgehead atoms. The Morgan fingerprint density at radius 3 is 2.63 bits per heavy atom. The molecule has 1 atom stereocenters. The van der Waals surface area contributed by atoms with Crippen molar-refractivity contribution < 1.29 is 19.0 Å². The third-order valence-electron chi connectivity index (χ3n) is 5.82. The average Bonchev–Trinajstić information content (AvgIpc) is 2.97. The van der Waals surface area contributed by atoms with Gasteiger partial charge in [-0.05, 0) is 29.3 Å². The number of likely N-dealkylation sites (tertiary alicyclic amines) is 1. The number of likely N-dealkylation sites (N-methyl/N-ethyl adjacent to an activating group) is 1. The maximum Gasteiger partial charge on any atom is 0.317 e. The summed E-state index contributed by atoms with van der Waals surface area (Å²) < 4.78 is 21.1. The molecule has 1 spiro atoms. The summed E-state index contributed by atoms with van der Waals surface area (Å²) in [5, 5.41) is 13.2. The fourth-order valence-corrected chi connectivity index (χ4v) is 4.05. The number of carbonyl (C=O) groups is 1. The van der Waals surface area contributed by atoms with Crippen LogP contribution >= 0.6 is 0 Å². The van der Waals surface area contributed by atoms with Gasteiger partial charge in [-0.1, -0.05) is 0 Å². The number of amides is 2. The second kappa shape index (κ2) is 7.73. The highest BCUT2D eigenvalue weighted by Gasteiger charge is 2.52. The first-order valence-electron chi connectivity index (χ1n) is 9.78. The number of aromatic nitrogens is 1. The fraction of sp³-hybridized carbons (Fsp3) is 0.429. The minimum absolute atomic E-state index is 0.0205. The number of halogens is 1. The molecule has 8 nitrogen and oxygen atoms in total. The molecule has 2 amide bonds. The number of nitrogens with zero attached hydrogens (tertiary/aromatic N) is 3. The normalized spacial score (nSPS) is 18.9. The number of rotatable bonds is 6. The molecule has 2 aromatic rings. The summed E-state index contributed by atoms with van der Waals surface area (Å²) >= 11 is 0. The lowest BCUT2D eigenvalue weighted by molar-refractivity contribution is -0.0297. The van der Waals surface area contributed by atoms with Gasteiger partial charge in [-0.25, -0.2) is 9.18 Å². The van der Waals surface area contributed by atoms with E-state index in [1.807, 2.05) is 0 Å². The molecule has 0 aliphatic carbocycles. The predicted molar refractivity (Wildman–Crippen MR) is 109 cm³/mol. The van der Waals surface area contributed by atoms with Crippen molar-refractivity contribution in [1.29, 1.82) is 0 Å². The largest absolute Gasteiger partial charge is 0.491 e. The first-order chi connectivity index (χ1) is 14.3. The van der Waals surface area contributed by atoms with Crippen LogP contribution in [0.5, 0.6) is 5.75 Å². The Hall–Kier alpha value is -2.91. The summed E-state index contributed by atoms with van der Waals surface area (Å²) in [6.07, 6.45) is 0.886. The molecule has 1 aromatic heterocycles. The number of β-amino-alcohol motifs (C(OH)–C–C–N with tert-alkyl or cyclic N) is 1. The number of hydrogen-bond donors (Lipinski definition) is 2. The summed E-state index contributed by atoms with van der Waals surface area (Å²) in [6, 6.07) is 7.31. The topological polar surface area (TPSA) is 87.0 Å². The van der Waals surface area contributed by atoms with Crippen molar-refractivity contribution in [3.63, 3.8) is 0 Å². The molecule has 1 aromatic carbocycles. The second-order valence-electron chi connectivity index (χ2n) is 8.12. The third-order valence-corrected chi connectivity index (χ3v) is 5.82. The van der Waals surface area contributed by atoms with Crippen molar-refractivity contribution in [2.45, 2.75) is 11.6 Å². The molecular weight excluding hydrogens is 391 g/mol. The molecule has 2 aliphatic heterocycles. The summed E-state index contributed by atoms with van der Waals surface area (Å²) in [7, 11) is 3.42. The number of ether oxygens (including phenoxy) is 1. The lowest BCUT2D eigenvalue weighted by Crippen LogP contribution is -2.69. The molecule has 4 rings (SSSR count). The van der Waals surface area contributed by atoms with E-state index in [9.17, 15) is 19.1 Å². The number of nitrogens with one attached hydrogen (secondary N) is 1. The van der Waals surface area contributed by atoms with E-state index in [4.69, 9.17) is 4.74 Å². The van der Waals surface area contributed by atoms with Crippen molar-refractivity contribution in [3.8, 4) is 16.9 Å². The molecule has 0 radical (unpaired) electrons. The van der Waals surface area contributed by atoms with Crippen molar-refractivity contribution in [3.05, 3.63) is 52.7 Å². The summed E-state index contributed by atoms with van der Waals surface area (Å²) in [5.41, 5.74) is 0.939. The monoisotopic (exact) mass is 416 g/mol. The van der Waals surface area contributed by atoms with Crippen LogP contribution in [0.15, 0.2) is 41.3 Å². The Kier molecular flexibility index (Phi) is 5.25. The van der Waals surface area contributed by atoms with E-state index in [1.54, 1.807) is 37.3 Å². The van der Waals surface area contributed by atoms with Crippen LogP contribution in [0.25, 0.3) is 11.1 Å². The zero-order valence-corrected chi connectivity index (χ0v) is 17.0. The number of aliphatic hydroxyl groups is 1. The number of aliphatic hydroxyl groups excluding tert-OH is 1. The summed E-state index contributed by atoms with van der Waals surface area (Å²) in [4.78, 5) is 27.0. The van der Waals surface area contributed by atoms with Crippen molar-refractivity contribution in [2.24, 2.45) is 7.05 Å². The highest BCUT2D eigenvalue weighted by molar-refractivity contribution is 5.78.